The second-order valence-electron chi connectivity index (χ2n) is 7.98. The molecule has 2 aromatic rings. The zero-order valence-electron chi connectivity index (χ0n) is 16.6. The van der Waals surface area contributed by atoms with Crippen molar-refractivity contribution in [3.8, 4) is 5.75 Å². The number of methoxy groups -OCH3 is 1. The van der Waals surface area contributed by atoms with Crippen LogP contribution in [0.25, 0.3) is 0 Å². The van der Waals surface area contributed by atoms with E-state index < -0.39 is 0 Å². The van der Waals surface area contributed by atoms with Crippen molar-refractivity contribution < 1.29 is 9.53 Å². The third-order valence-electron chi connectivity index (χ3n) is 5.96. The molecule has 4 nitrogen and oxygen atoms in total. The lowest BCUT2D eigenvalue weighted by Gasteiger charge is -2.33. The topological polar surface area (TPSA) is 41.6 Å². The fourth-order valence-electron chi connectivity index (χ4n) is 4.18. The maximum atomic E-state index is 13.5. The molecule has 0 spiro atoms. The van der Waals surface area contributed by atoms with E-state index in [-0.39, 0.29) is 18.0 Å². The molecule has 28 heavy (non-hydrogen) atoms. The summed E-state index contributed by atoms with van der Waals surface area (Å²) in [6.45, 7) is 1.75. The van der Waals surface area contributed by atoms with Gasteiger partial charge in [-0.1, -0.05) is 42.5 Å². The van der Waals surface area contributed by atoms with Gasteiger partial charge in [0.1, 0.15) is 11.8 Å². The standard InChI is InChI=1S/C24H30N2O2/c1-28-21-14-12-20(13-15-21)22(19-10-11-19)25-23(18-8-4-2-5-9-18)24(27)26-16-6-3-7-17-26/h2,4-5,8-9,12-15,19,22-23,25H,3,6-7,10-11,16-17H2,1H3. The fraction of sp³-hybridized carbons (Fsp3) is 0.458. The van der Waals surface area contributed by atoms with Crippen molar-refractivity contribution in [2.24, 2.45) is 5.92 Å². The van der Waals surface area contributed by atoms with E-state index in [1.807, 2.05) is 35.2 Å². The average Bonchev–Trinajstić information content (AvgIpc) is 3.61. The van der Waals surface area contributed by atoms with Gasteiger partial charge in [-0.05, 0) is 61.3 Å². The second-order valence-corrected chi connectivity index (χ2v) is 7.98. The molecule has 4 rings (SSSR count). The predicted octanol–water partition coefficient (Wildman–Crippen LogP) is 4.49. The lowest BCUT2D eigenvalue weighted by atomic mass is 9.97. The summed E-state index contributed by atoms with van der Waals surface area (Å²) in [5.74, 6) is 1.67. The van der Waals surface area contributed by atoms with Crippen LogP contribution >= 0.6 is 0 Å². The number of amides is 1. The lowest BCUT2D eigenvalue weighted by Crippen LogP contribution is -2.44. The Hall–Kier alpha value is -2.33. The third kappa shape index (κ3) is 4.39. The quantitative estimate of drug-likeness (QED) is 0.772. The number of hydrogen-bond acceptors (Lipinski definition) is 3. The highest BCUT2D eigenvalue weighted by Crippen LogP contribution is 2.42. The Morgan fingerprint density at radius 1 is 0.964 bits per heavy atom. The van der Waals surface area contributed by atoms with Crippen LogP contribution in [0.5, 0.6) is 5.75 Å². The third-order valence-corrected chi connectivity index (χ3v) is 5.96. The number of hydrogen-bond donors (Lipinski definition) is 1. The minimum atomic E-state index is -0.299. The Bertz CT molecular complexity index is 765. The van der Waals surface area contributed by atoms with Gasteiger partial charge >= 0.3 is 0 Å². The Morgan fingerprint density at radius 3 is 2.25 bits per heavy atom. The number of likely N-dealkylation sites (tertiary alicyclic amines) is 1. The van der Waals surface area contributed by atoms with Crippen molar-refractivity contribution in [2.45, 2.75) is 44.2 Å². The van der Waals surface area contributed by atoms with Gasteiger partial charge < -0.3 is 9.64 Å². The van der Waals surface area contributed by atoms with Gasteiger partial charge in [0.15, 0.2) is 0 Å². The summed E-state index contributed by atoms with van der Waals surface area (Å²) in [6, 6.07) is 18.3. The molecule has 1 saturated heterocycles. The molecule has 2 unspecified atom stereocenters. The van der Waals surface area contributed by atoms with E-state index in [2.05, 4.69) is 29.6 Å². The highest BCUT2D eigenvalue weighted by molar-refractivity contribution is 5.83. The molecular weight excluding hydrogens is 348 g/mol. The van der Waals surface area contributed by atoms with Gasteiger partial charge in [-0.2, -0.15) is 0 Å². The van der Waals surface area contributed by atoms with Crippen molar-refractivity contribution in [3.05, 3.63) is 65.7 Å². The first-order chi connectivity index (χ1) is 13.8. The number of carbonyl (C=O) groups is 1. The normalized spacial score (nSPS) is 19.1. The summed E-state index contributed by atoms with van der Waals surface area (Å²) in [7, 11) is 1.69. The fourth-order valence-corrected chi connectivity index (χ4v) is 4.18. The maximum absolute atomic E-state index is 13.5. The van der Waals surface area contributed by atoms with Crippen LogP contribution in [-0.2, 0) is 4.79 Å². The Labute approximate surface area is 167 Å². The first kappa shape index (κ1) is 19.0. The molecule has 148 valence electrons. The van der Waals surface area contributed by atoms with Crippen LogP contribution < -0.4 is 10.1 Å². The number of carbonyl (C=O) groups excluding carboxylic acids is 1. The van der Waals surface area contributed by atoms with E-state index in [4.69, 9.17) is 4.74 Å². The second kappa shape index (κ2) is 8.78. The summed E-state index contributed by atoms with van der Waals surface area (Å²) >= 11 is 0. The van der Waals surface area contributed by atoms with Crippen molar-refractivity contribution in [2.75, 3.05) is 20.2 Å². The summed E-state index contributed by atoms with van der Waals surface area (Å²) in [6.07, 6.45) is 5.87. The van der Waals surface area contributed by atoms with Crippen LogP contribution in [0.3, 0.4) is 0 Å². The molecule has 4 heteroatoms. The molecule has 0 bridgehead atoms. The van der Waals surface area contributed by atoms with E-state index in [1.165, 1.54) is 24.8 Å². The van der Waals surface area contributed by atoms with E-state index in [0.29, 0.717) is 5.92 Å². The first-order valence-corrected chi connectivity index (χ1v) is 10.5. The van der Waals surface area contributed by atoms with Gasteiger partial charge in [0.05, 0.1) is 7.11 Å². The predicted molar refractivity (Wildman–Crippen MR) is 111 cm³/mol. The molecule has 2 aliphatic rings. The van der Waals surface area contributed by atoms with Crippen molar-refractivity contribution in [1.82, 2.24) is 10.2 Å². The van der Waals surface area contributed by atoms with E-state index in [0.717, 1.165) is 37.2 Å². The smallest absolute Gasteiger partial charge is 0.244 e. The Morgan fingerprint density at radius 2 is 1.64 bits per heavy atom. The average molecular weight is 379 g/mol. The van der Waals surface area contributed by atoms with Crippen molar-refractivity contribution >= 4 is 5.91 Å². The molecule has 2 aromatic carbocycles. The van der Waals surface area contributed by atoms with Crippen LogP contribution in [-0.4, -0.2) is 31.0 Å². The summed E-state index contributed by atoms with van der Waals surface area (Å²) in [5, 5.41) is 3.75. The number of rotatable bonds is 7. The summed E-state index contributed by atoms with van der Waals surface area (Å²) in [4.78, 5) is 15.5. The highest BCUT2D eigenvalue weighted by Gasteiger charge is 2.36. The van der Waals surface area contributed by atoms with Crippen LogP contribution in [0.2, 0.25) is 0 Å². The number of benzene rings is 2. The summed E-state index contributed by atoms with van der Waals surface area (Å²) < 4.78 is 5.31. The van der Waals surface area contributed by atoms with E-state index >= 15 is 0 Å². The van der Waals surface area contributed by atoms with Crippen LogP contribution in [0, 0.1) is 5.92 Å². The molecule has 0 aromatic heterocycles. The number of ether oxygens (including phenoxy) is 1. The van der Waals surface area contributed by atoms with E-state index in [9.17, 15) is 4.79 Å². The molecule has 2 atom stereocenters. The number of nitrogens with one attached hydrogen (secondary N) is 1. The maximum Gasteiger partial charge on any atom is 0.244 e. The molecule has 1 aliphatic heterocycles. The molecule has 1 aliphatic carbocycles. The summed E-state index contributed by atoms with van der Waals surface area (Å²) in [5.41, 5.74) is 2.29. The monoisotopic (exact) mass is 378 g/mol. The Balaban J connectivity index is 1.60. The molecule has 1 heterocycles. The van der Waals surface area contributed by atoms with Crippen molar-refractivity contribution in [3.63, 3.8) is 0 Å². The SMILES string of the molecule is COc1ccc(C(NC(C(=O)N2CCCCC2)c2ccccc2)C2CC2)cc1. The van der Waals surface area contributed by atoms with Gasteiger partial charge in [-0.25, -0.2) is 0 Å². The van der Waals surface area contributed by atoms with Crippen molar-refractivity contribution in [1.29, 1.82) is 0 Å². The molecular formula is C24H30N2O2. The lowest BCUT2D eigenvalue weighted by molar-refractivity contribution is -0.134. The molecule has 2 fully saturated rings. The molecule has 1 saturated carbocycles. The van der Waals surface area contributed by atoms with Gasteiger partial charge in [0.2, 0.25) is 5.91 Å². The van der Waals surface area contributed by atoms with Crippen LogP contribution in [0.15, 0.2) is 54.6 Å². The minimum Gasteiger partial charge on any atom is -0.497 e. The first-order valence-electron chi connectivity index (χ1n) is 10.5. The van der Waals surface area contributed by atoms with Gasteiger partial charge in [-0.15, -0.1) is 0 Å². The number of piperidine rings is 1. The Kier molecular flexibility index (Phi) is 5.96. The van der Waals surface area contributed by atoms with E-state index in [1.54, 1.807) is 7.11 Å². The minimum absolute atomic E-state index is 0.185. The van der Waals surface area contributed by atoms with Gasteiger partial charge in [-0.3, -0.25) is 10.1 Å². The zero-order valence-corrected chi connectivity index (χ0v) is 16.6. The molecule has 1 N–H and O–H groups in total. The zero-order chi connectivity index (χ0) is 19.3. The van der Waals surface area contributed by atoms with Gasteiger partial charge in [0.25, 0.3) is 0 Å². The van der Waals surface area contributed by atoms with Crippen LogP contribution in [0.4, 0.5) is 0 Å². The molecule has 1 amide bonds. The number of nitrogens with zero attached hydrogens (tertiary/aromatic N) is 1. The highest BCUT2D eigenvalue weighted by atomic mass is 16.5. The van der Waals surface area contributed by atoms with Gasteiger partial charge in [0, 0.05) is 19.1 Å². The molecule has 0 radical (unpaired) electrons. The van der Waals surface area contributed by atoms with Crippen LogP contribution in [0.1, 0.15) is 55.3 Å². The largest absolute Gasteiger partial charge is 0.497 e.